The first-order valence-corrected chi connectivity index (χ1v) is 5.82. The fourth-order valence-electron chi connectivity index (χ4n) is 2.20. The molecule has 0 bridgehead atoms. The monoisotopic (exact) mass is 241 g/mol. The summed E-state index contributed by atoms with van der Waals surface area (Å²) in [7, 11) is 1.85. The first kappa shape index (κ1) is 10.8. The average Bonchev–Trinajstić information content (AvgIpc) is 2.82. The molecular weight excluding hydrogens is 226 g/mol. The summed E-state index contributed by atoms with van der Waals surface area (Å²) < 4.78 is 1.70. The van der Waals surface area contributed by atoms with Crippen molar-refractivity contribution in [2.75, 3.05) is 5.73 Å². The Hall–Kier alpha value is -2.30. The molecule has 0 saturated heterocycles. The zero-order valence-corrected chi connectivity index (χ0v) is 10.7. The standard InChI is InChI=1S/C13H15N5/c1-7-12(17-18(3)13(7)14)9-4-5-10-11(6-9)16-8(2)15-10/h4-6H,14H2,1-3H3,(H,15,16). The topological polar surface area (TPSA) is 72.5 Å². The molecule has 3 rings (SSSR count). The molecule has 3 N–H and O–H groups in total. The number of nitrogens with zero attached hydrogens (tertiary/aromatic N) is 3. The second kappa shape index (κ2) is 3.60. The van der Waals surface area contributed by atoms with Crippen LogP contribution in [0.5, 0.6) is 0 Å². The number of nitrogen functional groups attached to an aromatic ring is 1. The first-order chi connectivity index (χ1) is 8.56. The highest BCUT2D eigenvalue weighted by atomic mass is 15.3. The van der Waals surface area contributed by atoms with Gasteiger partial charge in [-0.2, -0.15) is 5.10 Å². The fourth-order valence-corrected chi connectivity index (χ4v) is 2.20. The second-order valence-electron chi connectivity index (χ2n) is 4.54. The summed E-state index contributed by atoms with van der Waals surface area (Å²) in [5.41, 5.74) is 10.9. The Kier molecular flexibility index (Phi) is 2.16. The van der Waals surface area contributed by atoms with Crippen LogP contribution in [0.4, 0.5) is 5.82 Å². The number of nitrogens with one attached hydrogen (secondary N) is 1. The average molecular weight is 241 g/mol. The first-order valence-electron chi connectivity index (χ1n) is 5.82. The quantitative estimate of drug-likeness (QED) is 0.685. The third-order valence-corrected chi connectivity index (χ3v) is 3.21. The van der Waals surface area contributed by atoms with E-state index in [1.807, 2.05) is 33.0 Å². The molecule has 5 heteroatoms. The molecule has 0 atom stereocenters. The van der Waals surface area contributed by atoms with Gasteiger partial charge in [-0.3, -0.25) is 4.68 Å². The van der Waals surface area contributed by atoms with Gasteiger partial charge in [0.1, 0.15) is 11.6 Å². The normalized spacial score (nSPS) is 11.3. The molecule has 5 nitrogen and oxygen atoms in total. The van der Waals surface area contributed by atoms with Crippen LogP contribution in [0, 0.1) is 13.8 Å². The van der Waals surface area contributed by atoms with Crippen molar-refractivity contribution in [3.8, 4) is 11.3 Å². The molecule has 92 valence electrons. The molecule has 0 fully saturated rings. The van der Waals surface area contributed by atoms with Gasteiger partial charge >= 0.3 is 0 Å². The van der Waals surface area contributed by atoms with Crippen molar-refractivity contribution in [2.45, 2.75) is 13.8 Å². The van der Waals surface area contributed by atoms with E-state index >= 15 is 0 Å². The van der Waals surface area contributed by atoms with Crippen molar-refractivity contribution >= 4 is 16.9 Å². The summed E-state index contributed by atoms with van der Waals surface area (Å²) in [5, 5.41) is 4.45. The van der Waals surface area contributed by atoms with Gasteiger partial charge in [0.05, 0.1) is 16.7 Å². The SMILES string of the molecule is Cc1nc2ccc(-c3nn(C)c(N)c3C)cc2[nH]1. The van der Waals surface area contributed by atoms with E-state index in [1.165, 1.54) is 0 Å². The van der Waals surface area contributed by atoms with E-state index in [9.17, 15) is 0 Å². The predicted octanol–water partition coefficient (Wildman–Crippen LogP) is 2.16. The zero-order valence-electron chi connectivity index (χ0n) is 10.7. The van der Waals surface area contributed by atoms with E-state index in [0.717, 1.165) is 33.7 Å². The number of rotatable bonds is 1. The number of H-pyrrole nitrogens is 1. The largest absolute Gasteiger partial charge is 0.384 e. The lowest BCUT2D eigenvalue weighted by Crippen LogP contribution is -1.97. The maximum absolute atomic E-state index is 5.94. The summed E-state index contributed by atoms with van der Waals surface area (Å²) in [5.74, 6) is 1.62. The summed E-state index contributed by atoms with van der Waals surface area (Å²) in [6.45, 7) is 3.93. The fraction of sp³-hybridized carbons (Fsp3) is 0.231. The van der Waals surface area contributed by atoms with E-state index < -0.39 is 0 Å². The minimum absolute atomic E-state index is 0.700. The van der Waals surface area contributed by atoms with Crippen LogP contribution < -0.4 is 5.73 Å². The Morgan fingerprint density at radius 2 is 2.06 bits per heavy atom. The van der Waals surface area contributed by atoms with Crippen LogP contribution in [0.1, 0.15) is 11.4 Å². The van der Waals surface area contributed by atoms with Gasteiger partial charge < -0.3 is 10.7 Å². The number of aromatic amines is 1. The van der Waals surface area contributed by atoms with Crippen molar-refractivity contribution in [2.24, 2.45) is 7.05 Å². The van der Waals surface area contributed by atoms with Crippen molar-refractivity contribution in [3.05, 3.63) is 29.6 Å². The minimum atomic E-state index is 0.700. The number of hydrogen-bond acceptors (Lipinski definition) is 3. The molecule has 0 saturated carbocycles. The van der Waals surface area contributed by atoms with Crippen LogP contribution in [0.2, 0.25) is 0 Å². The van der Waals surface area contributed by atoms with Gasteiger partial charge in [0.15, 0.2) is 0 Å². The molecule has 3 aromatic rings. The Balaban J connectivity index is 2.21. The summed E-state index contributed by atoms with van der Waals surface area (Å²) >= 11 is 0. The number of hydrogen-bond donors (Lipinski definition) is 2. The van der Waals surface area contributed by atoms with E-state index in [2.05, 4.69) is 21.1 Å². The Bertz CT molecular complexity index is 735. The number of aryl methyl sites for hydroxylation is 2. The smallest absolute Gasteiger partial charge is 0.124 e. The molecule has 0 spiro atoms. The van der Waals surface area contributed by atoms with Crippen LogP contribution in [0.15, 0.2) is 18.2 Å². The number of aromatic nitrogens is 4. The van der Waals surface area contributed by atoms with Crippen LogP contribution >= 0.6 is 0 Å². The molecule has 1 aromatic carbocycles. The lowest BCUT2D eigenvalue weighted by atomic mass is 10.1. The second-order valence-corrected chi connectivity index (χ2v) is 4.54. The summed E-state index contributed by atoms with van der Waals surface area (Å²) in [6, 6.07) is 6.08. The van der Waals surface area contributed by atoms with Gasteiger partial charge in [0, 0.05) is 18.2 Å². The zero-order chi connectivity index (χ0) is 12.9. The van der Waals surface area contributed by atoms with E-state index in [1.54, 1.807) is 4.68 Å². The highest BCUT2D eigenvalue weighted by Gasteiger charge is 2.12. The third-order valence-electron chi connectivity index (χ3n) is 3.21. The van der Waals surface area contributed by atoms with Crippen LogP contribution in [-0.2, 0) is 7.05 Å². The molecule has 0 unspecified atom stereocenters. The maximum Gasteiger partial charge on any atom is 0.124 e. The van der Waals surface area contributed by atoms with Crippen LogP contribution in [0.25, 0.3) is 22.3 Å². The highest BCUT2D eigenvalue weighted by molar-refractivity contribution is 5.82. The van der Waals surface area contributed by atoms with Gasteiger partial charge in [0.2, 0.25) is 0 Å². The van der Waals surface area contributed by atoms with E-state index in [-0.39, 0.29) is 0 Å². The van der Waals surface area contributed by atoms with E-state index in [0.29, 0.717) is 5.82 Å². The highest BCUT2D eigenvalue weighted by Crippen LogP contribution is 2.27. The molecule has 0 aliphatic carbocycles. The molecule has 0 amide bonds. The molecular formula is C13H15N5. The number of imidazole rings is 1. The predicted molar refractivity (Wildman–Crippen MR) is 72.2 cm³/mol. The van der Waals surface area contributed by atoms with Crippen molar-refractivity contribution in [3.63, 3.8) is 0 Å². The summed E-state index contributed by atoms with van der Waals surface area (Å²) in [4.78, 5) is 7.62. The molecule has 2 aromatic heterocycles. The van der Waals surface area contributed by atoms with Gasteiger partial charge in [0.25, 0.3) is 0 Å². The third kappa shape index (κ3) is 1.48. The van der Waals surface area contributed by atoms with Gasteiger partial charge in [-0.25, -0.2) is 4.98 Å². The maximum atomic E-state index is 5.94. The van der Waals surface area contributed by atoms with Crippen LogP contribution in [-0.4, -0.2) is 19.7 Å². The molecule has 0 aliphatic rings. The molecule has 0 radical (unpaired) electrons. The Morgan fingerprint density at radius 1 is 1.28 bits per heavy atom. The number of fused-ring (bicyclic) bond motifs is 1. The van der Waals surface area contributed by atoms with Gasteiger partial charge in [-0.1, -0.05) is 6.07 Å². The minimum Gasteiger partial charge on any atom is -0.384 e. The molecule has 0 aliphatic heterocycles. The van der Waals surface area contributed by atoms with Crippen molar-refractivity contribution in [1.82, 2.24) is 19.7 Å². The summed E-state index contributed by atoms with van der Waals surface area (Å²) in [6.07, 6.45) is 0. The number of anilines is 1. The lowest BCUT2D eigenvalue weighted by molar-refractivity contribution is 0.782. The van der Waals surface area contributed by atoms with Gasteiger partial charge in [-0.05, 0) is 26.0 Å². The Morgan fingerprint density at radius 3 is 2.72 bits per heavy atom. The van der Waals surface area contributed by atoms with Crippen LogP contribution in [0.3, 0.4) is 0 Å². The van der Waals surface area contributed by atoms with Gasteiger partial charge in [-0.15, -0.1) is 0 Å². The lowest BCUT2D eigenvalue weighted by Gasteiger charge is -1.98. The molecule has 2 heterocycles. The Labute approximate surface area is 105 Å². The molecule has 18 heavy (non-hydrogen) atoms. The van der Waals surface area contributed by atoms with Crippen molar-refractivity contribution in [1.29, 1.82) is 0 Å². The van der Waals surface area contributed by atoms with E-state index in [4.69, 9.17) is 5.73 Å². The number of nitrogens with two attached hydrogens (primary N) is 1. The number of benzene rings is 1. The van der Waals surface area contributed by atoms with Crippen molar-refractivity contribution < 1.29 is 0 Å².